The van der Waals surface area contributed by atoms with E-state index in [0.29, 0.717) is 0 Å². The lowest BCUT2D eigenvalue weighted by Crippen LogP contribution is -2.46. The Kier molecular flexibility index (Phi) is 3.87. The summed E-state index contributed by atoms with van der Waals surface area (Å²) in [6.07, 6.45) is 9.01. The molecule has 0 aromatic carbocycles. The van der Waals surface area contributed by atoms with Gasteiger partial charge in [-0.05, 0) is 32.1 Å². The van der Waals surface area contributed by atoms with Crippen LogP contribution in [0.2, 0.25) is 0 Å². The van der Waals surface area contributed by atoms with Crippen molar-refractivity contribution in [3.05, 3.63) is 12.7 Å². The number of carbonyl (C=O) groups excluding carboxylic acids is 1. The van der Waals surface area contributed by atoms with Crippen molar-refractivity contribution in [1.82, 2.24) is 0 Å². The third-order valence-electron chi connectivity index (χ3n) is 4.26. The van der Waals surface area contributed by atoms with Crippen molar-refractivity contribution >= 4 is 5.97 Å². The Morgan fingerprint density at radius 1 is 1.35 bits per heavy atom. The first-order valence-corrected chi connectivity index (χ1v) is 6.59. The van der Waals surface area contributed by atoms with E-state index in [1.807, 2.05) is 6.08 Å². The summed E-state index contributed by atoms with van der Waals surface area (Å²) in [5.41, 5.74) is -0.384. The summed E-state index contributed by atoms with van der Waals surface area (Å²) < 4.78 is 11.1. The van der Waals surface area contributed by atoms with Crippen LogP contribution in [0.5, 0.6) is 0 Å². The first kappa shape index (κ1) is 12.6. The van der Waals surface area contributed by atoms with Gasteiger partial charge in [-0.3, -0.25) is 4.79 Å². The first-order valence-electron chi connectivity index (χ1n) is 6.59. The van der Waals surface area contributed by atoms with Crippen molar-refractivity contribution in [1.29, 1.82) is 0 Å². The van der Waals surface area contributed by atoms with Gasteiger partial charge < -0.3 is 9.47 Å². The van der Waals surface area contributed by atoms with Crippen molar-refractivity contribution in [2.45, 2.75) is 57.2 Å². The van der Waals surface area contributed by atoms with Gasteiger partial charge in [0, 0.05) is 0 Å². The lowest BCUT2D eigenvalue weighted by atomic mass is 9.69. The third kappa shape index (κ3) is 2.25. The molecule has 0 amide bonds. The Morgan fingerprint density at radius 3 is 2.82 bits per heavy atom. The maximum atomic E-state index is 12.1. The number of methoxy groups -OCH3 is 1. The molecule has 1 aliphatic heterocycles. The van der Waals surface area contributed by atoms with Crippen LogP contribution in [-0.4, -0.2) is 25.3 Å². The van der Waals surface area contributed by atoms with Crippen molar-refractivity contribution < 1.29 is 14.3 Å². The quantitative estimate of drug-likeness (QED) is 0.548. The number of rotatable bonds is 2. The number of hydrogen-bond acceptors (Lipinski definition) is 3. The second-order valence-electron chi connectivity index (χ2n) is 5.18. The lowest BCUT2D eigenvalue weighted by molar-refractivity contribution is -0.169. The molecule has 1 heterocycles. The maximum absolute atomic E-state index is 12.1. The minimum Gasteiger partial charge on any atom is -0.469 e. The molecular weight excluding hydrogens is 216 g/mol. The summed E-state index contributed by atoms with van der Waals surface area (Å²) in [4.78, 5) is 12.1. The minimum absolute atomic E-state index is 0.0224. The van der Waals surface area contributed by atoms with E-state index in [0.717, 1.165) is 44.9 Å². The van der Waals surface area contributed by atoms with Gasteiger partial charge in [-0.1, -0.05) is 18.9 Å². The largest absolute Gasteiger partial charge is 0.469 e. The predicted octanol–water partition coefficient (Wildman–Crippen LogP) is 2.84. The van der Waals surface area contributed by atoms with Gasteiger partial charge in [0.15, 0.2) is 0 Å². The van der Waals surface area contributed by atoms with E-state index in [1.165, 1.54) is 7.11 Å². The Bertz CT molecular complexity index is 300. The zero-order valence-corrected chi connectivity index (χ0v) is 10.6. The SMILES string of the molecule is C=C[C@H]1CCC[C@]2(C(=O)OC)CCCC[C@H]2O1. The highest BCUT2D eigenvalue weighted by atomic mass is 16.5. The molecule has 1 saturated carbocycles. The van der Waals surface area contributed by atoms with Crippen LogP contribution in [-0.2, 0) is 14.3 Å². The molecule has 0 radical (unpaired) electrons. The molecule has 0 aromatic heterocycles. The molecule has 1 aliphatic carbocycles. The molecule has 3 atom stereocenters. The molecule has 2 aliphatic rings. The van der Waals surface area contributed by atoms with E-state index in [2.05, 4.69) is 6.58 Å². The zero-order chi connectivity index (χ0) is 12.3. The van der Waals surface area contributed by atoms with Gasteiger partial charge in [-0.25, -0.2) is 0 Å². The molecular formula is C14H22O3. The Morgan fingerprint density at radius 2 is 2.12 bits per heavy atom. The van der Waals surface area contributed by atoms with Crippen LogP contribution in [0.4, 0.5) is 0 Å². The highest BCUT2D eigenvalue weighted by Crippen LogP contribution is 2.46. The molecule has 0 bridgehead atoms. The fraction of sp³-hybridized carbons (Fsp3) is 0.786. The Hall–Kier alpha value is -0.830. The van der Waals surface area contributed by atoms with E-state index in [-0.39, 0.29) is 23.6 Å². The van der Waals surface area contributed by atoms with Crippen LogP contribution >= 0.6 is 0 Å². The summed E-state index contributed by atoms with van der Waals surface area (Å²) >= 11 is 0. The number of ether oxygens (including phenoxy) is 2. The monoisotopic (exact) mass is 238 g/mol. The molecule has 0 aromatic rings. The summed E-state index contributed by atoms with van der Waals surface area (Å²) in [5.74, 6) is -0.0769. The van der Waals surface area contributed by atoms with Crippen LogP contribution in [0, 0.1) is 5.41 Å². The predicted molar refractivity (Wildman–Crippen MR) is 65.6 cm³/mol. The van der Waals surface area contributed by atoms with Crippen LogP contribution in [0.1, 0.15) is 44.9 Å². The molecule has 96 valence electrons. The standard InChI is InChI=1S/C14H22O3/c1-3-11-7-6-10-14(13(15)16-2)9-5-4-8-12(14)17-11/h3,11-12H,1,4-10H2,2H3/t11-,12+,14+/m0/s1. The van der Waals surface area contributed by atoms with Gasteiger partial charge in [0.2, 0.25) is 0 Å². The number of hydrogen-bond donors (Lipinski definition) is 0. The normalized spacial score (nSPS) is 37.7. The Balaban J connectivity index is 2.24. The van der Waals surface area contributed by atoms with Crippen LogP contribution < -0.4 is 0 Å². The summed E-state index contributed by atoms with van der Waals surface area (Å²) in [6.45, 7) is 3.81. The van der Waals surface area contributed by atoms with Crippen molar-refractivity contribution in [2.24, 2.45) is 5.41 Å². The number of carbonyl (C=O) groups is 1. The molecule has 0 N–H and O–H groups in total. The fourth-order valence-corrected chi connectivity index (χ4v) is 3.30. The van der Waals surface area contributed by atoms with Gasteiger partial charge in [-0.15, -0.1) is 6.58 Å². The highest BCUT2D eigenvalue weighted by molar-refractivity contribution is 5.77. The van der Waals surface area contributed by atoms with E-state index >= 15 is 0 Å². The molecule has 3 nitrogen and oxygen atoms in total. The van der Waals surface area contributed by atoms with Gasteiger partial charge in [0.1, 0.15) is 0 Å². The second-order valence-corrected chi connectivity index (χ2v) is 5.18. The van der Waals surface area contributed by atoms with Gasteiger partial charge in [0.25, 0.3) is 0 Å². The van der Waals surface area contributed by atoms with Gasteiger partial charge in [0.05, 0.1) is 24.7 Å². The first-order chi connectivity index (χ1) is 8.23. The van der Waals surface area contributed by atoms with Gasteiger partial charge in [-0.2, -0.15) is 0 Å². The van der Waals surface area contributed by atoms with Crippen molar-refractivity contribution in [3.8, 4) is 0 Å². The molecule has 2 rings (SSSR count). The van der Waals surface area contributed by atoms with Gasteiger partial charge >= 0.3 is 5.97 Å². The molecule has 0 unspecified atom stereocenters. The molecule has 2 fully saturated rings. The van der Waals surface area contributed by atoms with Crippen LogP contribution in [0.15, 0.2) is 12.7 Å². The average molecular weight is 238 g/mol. The van der Waals surface area contributed by atoms with E-state index in [9.17, 15) is 4.79 Å². The van der Waals surface area contributed by atoms with E-state index < -0.39 is 0 Å². The topological polar surface area (TPSA) is 35.5 Å². The average Bonchev–Trinajstić information content (AvgIpc) is 2.57. The molecule has 0 spiro atoms. The molecule has 17 heavy (non-hydrogen) atoms. The third-order valence-corrected chi connectivity index (χ3v) is 4.26. The van der Waals surface area contributed by atoms with E-state index in [4.69, 9.17) is 9.47 Å². The Labute approximate surface area is 103 Å². The van der Waals surface area contributed by atoms with Crippen LogP contribution in [0.25, 0.3) is 0 Å². The minimum atomic E-state index is -0.384. The summed E-state index contributed by atoms with van der Waals surface area (Å²) in [5, 5.41) is 0. The lowest BCUT2D eigenvalue weighted by Gasteiger charge is -2.40. The summed E-state index contributed by atoms with van der Waals surface area (Å²) in [7, 11) is 1.48. The molecule has 3 heteroatoms. The second kappa shape index (κ2) is 5.21. The maximum Gasteiger partial charge on any atom is 0.314 e. The number of fused-ring (bicyclic) bond motifs is 1. The molecule has 1 saturated heterocycles. The highest BCUT2D eigenvalue weighted by Gasteiger charge is 2.50. The van der Waals surface area contributed by atoms with E-state index in [1.54, 1.807) is 0 Å². The smallest absolute Gasteiger partial charge is 0.314 e. The van der Waals surface area contributed by atoms with Crippen LogP contribution in [0.3, 0.4) is 0 Å². The van der Waals surface area contributed by atoms with Crippen molar-refractivity contribution in [2.75, 3.05) is 7.11 Å². The van der Waals surface area contributed by atoms with Crippen molar-refractivity contribution in [3.63, 3.8) is 0 Å². The zero-order valence-electron chi connectivity index (χ0n) is 10.6. The summed E-state index contributed by atoms with van der Waals surface area (Å²) in [6, 6.07) is 0. The number of esters is 1. The fourth-order valence-electron chi connectivity index (χ4n) is 3.30.